The van der Waals surface area contributed by atoms with Crippen molar-refractivity contribution in [2.75, 3.05) is 13.1 Å². The smallest absolute Gasteiger partial charge is 0.251 e. The van der Waals surface area contributed by atoms with Gasteiger partial charge in [-0.25, -0.2) is 0 Å². The van der Waals surface area contributed by atoms with Gasteiger partial charge in [0.25, 0.3) is 5.91 Å². The number of likely N-dealkylation sites (tertiary alicyclic amines) is 1. The molecule has 2 aromatic carbocycles. The summed E-state index contributed by atoms with van der Waals surface area (Å²) in [5.41, 5.74) is 6.69. The van der Waals surface area contributed by atoms with Crippen molar-refractivity contribution in [3.05, 3.63) is 69.8 Å². The molecule has 0 saturated carbocycles. The molecule has 0 aliphatic carbocycles. The highest BCUT2D eigenvalue weighted by Gasteiger charge is 2.12. The minimum atomic E-state index is 0.00651. The van der Waals surface area contributed by atoms with Gasteiger partial charge in [0.05, 0.1) is 0 Å². The normalized spacial score (nSPS) is 15.0. The number of nitrogens with one attached hydrogen (secondary N) is 1. The van der Waals surface area contributed by atoms with E-state index < -0.39 is 0 Å². The van der Waals surface area contributed by atoms with Crippen molar-refractivity contribution in [3.8, 4) is 0 Å². The van der Waals surface area contributed by atoms with Crippen molar-refractivity contribution < 1.29 is 4.79 Å². The SMILES string of the molecule is Cc1cc(C)c(C(=O)NCc2cccc(CN3CCCCC3)c2)cc1C. The van der Waals surface area contributed by atoms with Crippen molar-refractivity contribution >= 4 is 5.91 Å². The molecular formula is C23H30N2O. The Hall–Kier alpha value is -2.13. The first-order chi connectivity index (χ1) is 12.5. The zero-order chi connectivity index (χ0) is 18.5. The van der Waals surface area contributed by atoms with Crippen molar-refractivity contribution in [1.29, 1.82) is 0 Å². The fourth-order valence-corrected chi connectivity index (χ4v) is 3.70. The van der Waals surface area contributed by atoms with Crippen LogP contribution in [-0.2, 0) is 13.1 Å². The van der Waals surface area contributed by atoms with Crippen LogP contribution in [0.4, 0.5) is 0 Å². The van der Waals surface area contributed by atoms with E-state index in [0.717, 1.165) is 28.8 Å². The molecule has 3 nitrogen and oxygen atoms in total. The molecule has 138 valence electrons. The first-order valence-electron chi connectivity index (χ1n) is 9.69. The fourth-order valence-electron chi connectivity index (χ4n) is 3.70. The Morgan fingerprint density at radius 1 is 0.923 bits per heavy atom. The molecule has 0 unspecified atom stereocenters. The van der Waals surface area contributed by atoms with Crippen LogP contribution < -0.4 is 5.32 Å². The minimum absolute atomic E-state index is 0.00651. The van der Waals surface area contributed by atoms with E-state index in [1.807, 2.05) is 13.0 Å². The second kappa shape index (κ2) is 8.50. The maximum absolute atomic E-state index is 12.6. The highest BCUT2D eigenvalue weighted by Crippen LogP contribution is 2.16. The molecule has 3 heteroatoms. The lowest BCUT2D eigenvalue weighted by molar-refractivity contribution is 0.0950. The van der Waals surface area contributed by atoms with Crippen molar-refractivity contribution in [2.24, 2.45) is 0 Å². The molecule has 0 bridgehead atoms. The molecule has 0 atom stereocenters. The minimum Gasteiger partial charge on any atom is -0.348 e. The average molecular weight is 351 g/mol. The topological polar surface area (TPSA) is 32.3 Å². The largest absolute Gasteiger partial charge is 0.348 e. The molecule has 0 spiro atoms. The van der Waals surface area contributed by atoms with E-state index in [0.29, 0.717) is 6.54 Å². The van der Waals surface area contributed by atoms with Gasteiger partial charge in [0.1, 0.15) is 0 Å². The Labute approximate surface area is 157 Å². The molecule has 1 saturated heterocycles. The Kier molecular flexibility index (Phi) is 6.10. The molecule has 0 radical (unpaired) electrons. The number of carbonyl (C=O) groups excluding carboxylic acids is 1. The van der Waals surface area contributed by atoms with Crippen LogP contribution in [0.15, 0.2) is 36.4 Å². The predicted octanol–water partition coefficient (Wildman–Crippen LogP) is 4.53. The second-order valence-corrected chi connectivity index (χ2v) is 7.59. The molecule has 1 fully saturated rings. The molecule has 0 aromatic heterocycles. The van der Waals surface area contributed by atoms with Gasteiger partial charge in [0, 0.05) is 18.7 Å². The summed E-state index contributed by atoms with van der Waals surface area (Å²) in [6, 6.07) is 12.7. The maximum Gasteiger partial charge on any atom is 0.251 e. The zero-order valence-corrected chi connectivity index (χ0v) is 16.3. The van der Waals surface area contributed by atoms with Gasteiger partial charge in [-0.3, -0.25) is 9.69 Å². The summed E-state index contributed by atoms with van der Waals surface area (Å²) in [5.74, 6) is 0.00651. The van der Waals surface area contributed by atoms with E-state index in [-0.39, 0.29) is 5.91 Å². The average Bonchev–Trinajstić information content (AvgIpc) is 2.64. The summed E-state index contributed by atoms with van der Waals surface area (Å²) in [6.45, 7) is 10.1. The Morgan fingerprint density at radius 3 is 2.38 bits per heavy atom. The van der Waals surface area contributed by atoms with Gasteiger partial charge in [-0.15, -0.1) is 0 Å². The quantitative estimate of drug-likeness (QED) is 0.859. The van der Waals surface area contributed by atoms with E-state index in [4.69, 9.17) is 0 Å². The van der Waals surface area contributed by atoms with E-state index in [2.05, 4.69) is 54.4 Å². The van der Waals surface area contributed by atoms with E-state index >= 15 is 0 Å². The lowest BCUT2D eigenvalue weighted by Crippen LogP contribution is -2.29. The van der Waals surface area contributed by atoms with Crippen LogP contribution in [0.25, 0.3) is 0 Å². The van der Waals surface area contributed by atoms with Gasteiger partial charge >= 0.3 is 0 Å². The second-order valence-electron chi connectivity index (χ2n) is 7.59. The number of rotatable bonds is 5. The lowest BCUT2D eigenvalue weighted by Gasteiger charge is -2.26. The maximum atomic E-state index is 12.6. The first-order valence-corrected chi connectivity index (χ1v) is 9.69. The Balaban J connectivity index is 1.61. The van der Waals surface area contributed by atoms with Crippen molar-refractivity contribution in [3.63, 3.8) is 0 Å². The number of hydrogen-bond acceptors (Lipinski definition) is 2. The van der Waals surface area contributed by atoms with Crippen LogP contribution in [-0.4, -0.2) is 23.9 Å². The van der Waals surface area contributed by atoms with Crippen LogP contribution in [0.1, 0.15) is 57.4 Å². The number of piperidine rings is 1. The third-order valence-corrected chi connectivity index (χ3v) is 5.38. The van der Waals surface area contributed by atoms with Gasteiger partial charge in [-0.1, -0.05) is 36.8 Å². The Morgan fingerprint density at radius 2 is 1.62 bits per heavy atom. The fraction of sp³-hybridized carbons (Fsp3) is 0.435. The standard InChI is InChI=1S/C23H30N2O/c1-17-12-19(3)22(13-18(17)2)23(26)24-15-20-8-7-9-21(14-20)16-25-10-5-4-6-11-25/h7-9,12-14H,4-6,10-11,15-16H2,1-3H3,(H,24,26). The number of nitrogens with zero attached hydrogens (tertiary/aromatic N) is 1. The van der Waals surface area contributed by atoms with Crippen LogP contribution in [0.5, 0.6) is 0 Å². The van der Waals surface area contributed by atoms with Gasteiger partial charge in [0.2, 0.25) is 0 Å². The molecule has 1 amide bonds. The summed E-state index contributed by atoms with van der Waals surface area (Å²) in [5, 5.41) is 3.08. The molecule has 1 aliphatic heterocycles. The predicted molar refractivity (Wildman–Crippen MR) is 107 cm³/mol. The van der Waals surface area contributed by atoms with Crippen molar-refractivity contribution in [2.45, 2.75) is 53.1 Å². The summed E-state index contributed by atoms with van der Waals surface area (Å²) in [7, 11) is 0. The lowest BCUT2D eigenvalue weighted by atomic mass is 10.0. The molecule has 26 heavy (non-hydrogen) atoms. The number of aryl methyl sites for hydroxylation is 3. The molecule has 3 rings (SSSR count). The number of carbonyl (C=O) groups is 1. The van der Waals surface area contributed by atoms with Crippen LogP contribution in [0, 0.1) is 20.8 Å². The molecule has 1 aliphatic rings. The zero-order valence-electron chi connectivity index (χ0n) is 16.3. The number of hydrogen-bond donors (Lipinski definition) is 1. The van der Waals surface area contributed by atoms with Crippen molar-refractivity contribution in [1.82, 2.24) is 10.2 Å². The molecule has 1 N–H and O–H groups in total. The van der Waals surface area contributed by atoms with E-state index in [1.54, 1.807) is 0 Å². The van der Waals surface area contributed by atoms with Gasteiger partial charge < -0.3 is 5.32 Å². The third-order valence-electron chi connectivity index (χ3n) is 5.38. The molecular weight excluding hydrogens is 320 g/mol. The van der Waals surface area contributed by atoms with Gasteiger partial charge in [-0.05, 0) is 80.6 Å². The highest BCUT2D eigenvalue weighted by atomic mass is 16.1. The van der Waals surface area contributed by atoms with Crippen LogP contribution >= 0.6 is 0 Å². The third kappa shape index (κ3) is 4.73. The summed E-state index contributed by atoms with van der Waals surface area (Å²) < 4.78 is 0. The first kappa shape index (κ1) is 18.7. The summed E-state index contributed by atoms with van der Waals surface area (Å²) in [6.07, 6.45) is 3.98. The summed E-state index contributed by atoms with van der Waals surface area (Å²) in [4.78, 5) is 15.1. The van der Waals surface area contributed by atoms with E-state index in [9.17, 15) is 4.79 Å². The monoisotopic (exact) mass is 350 g/mol. The number of benzene rings is 2. The van der Waals surface area contributed by atoms with Gasteiger partial charge in [0.15, 0.2) is 0 Å². The highest BCUT2D eigenvalue weighted by molar-refractivity contribution is 5.95. The van der Waals surface area contributed by atoms with E-state index in [1.165, 1.54) is 43.5 Å². The van der Waals surface area contributed by atoms with Gasteiger partial charge in [-0.2, -0.15) is 0 Å². The Bertz CT molecular complexity index is 776. The van der Waals surface area contributed by atoms with Crippen LogP contribution in [0.3, 0.4) is 0 Å². The van der Waals surface area contributed by atoms with Crippen LogP contribution in [0.2, 0.25) is 0 Å². The molecule has 2 aromatic rings. The molecule has 1 heterocycles. The number of amides is 1. The summed E-state index contributed by atoms with van der Waals surface area (Å²) >= 11 is 0.